The van der Waals surface area contributed by atoms with Crippen LogP contribution >= 0.6 is 0 Å². The third-order valence-electron chi connectivity index (χ3n) is 3.25. The highest BCUT2D eigenvalue weighted by Gasteiger charge is 2.27. The molecule has 1 rings (SSSR count). The van der Waals surface area contributed by atoms with Crippen LogP contribution in [0.1, 0.15) is 32.4 Å². The standard InChI is InChI=1S/C17H30NO2/c1-17(2,3)16(20-13-12-18(4,5)6)14-8-10-15(19-7)11-9-14/h8-11,16H,12-13H2,1-7H3/q+1. The minimum atomic E-state index is 0.0689. The Hall–Kier alpha value is -1.06. The first kappa shape index (κ1) is 17.0. The van der Waals surface area contributed by atoms with Crippen molar-refractivity contribution in [2.24, 2.45) is 5.41 Å². The average Bonchev–Trinajstić information content (AvgIpc) is 2.32. The van der Waals surface area contributed by atoms with E-state index in [1.54, 1.807) is 7.11 Å². The van der Waals surface area contributed by atoms with Crippen molar-refractivity contribution in [3.63, 3.8) is 0 Å². The number of benzene rings is 1. The first-order valence-electron chi connectivity index (χ1n) is 7.19. The molecule has 0 aliphatic heterocycles. The summed E-state index contributed by atoms with van der Waals surface area (Å²) in [6.07, 6.45) is 0.0972. The highest BCUT2D eigenvalue weighted by molar-refractivity contribution is 5.29. The minimum Gasteiger partial charge on any atom is -0.497 e. The summed E-state index contributed by atoms with van der Waals surface area (Å²) < 4.78 is 12.3. The fourth-order valence-corrected chi connectivity index (χ4v) is 2.07. The number of methoxy groups -OCH3 is 1. The summed E-state index contributed by atoms with van der Waals surface area (Å²) in [5.41, 5.74) is 1.28. The van der Waals surface area contributed by atoms with Gasteiger partial charge < -0.3 is 14.0 Å². The number of nitrogens with zero attached hydrogens (tertiary/aromatic N) is 1. The first-order chi connectivity index (χ1) is 9.13. The second kappa shape index (κ2) is 6.59. The molecule has 0 amide bonds. The molecule has 0 aliphatic carbocycles. The van der Waals surface area contributed by atoms with Gasteiger partial charge in [0.1, 0.15) is 12.3 Å². The first-order valence-corrected chi connectivity index (χ1v) is 7.19. The van der Waals surface area contributed by atoms with Crippen molar-refractivity contribution in [2.45, 2.75) is 26.9 Å². The molecule has 0 N–H and O–H groups in total. The van der Waals surface area contributed by atoms with Crippen molar-refractivity contribution in [2.75, 3.05) is 41.4 Å². The maximum Gasteiger partial charge on any atom is 0.118 e. The second-order valence-corrected chi connectivity index (χ2v) is 7.40. The van der Waals surface area contributed by atoms with Crippen LogP contribution in [0.3, 0.4) is 0 Å². The lowest BCUT2D eigenvalue weighted by atomic mass is 9.84. The van der Waals surface area contributed by atoms with Gasteiger partial charge in [-0.05, 0) is 23.1 Å². The third kappa shape index (κ3) is 5.51. The molecule has 0 radical (unpaired) electrons. The second-order valence-electron chi connectivity index (χ2n) is 7.40. The normalized spacial score (nSPS) is 14.2. The molecule has 0 aromatic heterocycles. The number of hydrogen-bond donors (Lipinski definition) is 0. The Kier molecular flexibility index (Phi) is 5.60. The molecule has 20 heavy (non-hydrogen) atoms. The zero-order valence-electron chi connectivity index (χ0n) is 14.1. The topological polar surface area (TPSA) is 18.5 Å². The fourth-order valence-electron chi connectivity index (χ4n) is 2.07. The molecule has 0 aliphatic rings. The van der Waals surface area contributed by atoms with Gasteiger partial charge in [-0.2, -0.15) is 0 Å². The van der Waals surface area contributed by atoms with Crippen molar-refractivity contribution in [3.05, 3.63) is 29.8 Å². The van der Waals surface area contributed by atoms with Crippen LogP contribution in [0.15, 0.2) is 24.3 Å². The highest BCUT2D eigenvalue weighted by Crippen LogP contribution is 2.36. The fraction of sp³-hybridized carbons (Fsp3) is 0.647. The molecule has 0 bridgehead atoms. The number of ether oxygens (including phenoxy) is 2. The van der Waals surface area contributed by atoms with Crippen LogP contribution in [0.2, 0.25) is 0 Å². The van der Waals surface area contributed by atoms with E-state index in [1.165, 1.54) is 5.56 Å². The van der Waals surface area contributed by atoms with Crippen molar-refractivity contribution < 1.29 is 14.0 Å². The van der Waals surface area contributed by atoms with Gasteiger partial charge >= 0.3 is 0 Å². The van der Waals surface area contributed by atoms with E-state index < -0.39 is 0 Å². The number of hydrogen-bond acceptors (Lipinski definition) is 2. The third-order valence-corrected chi connectivity index (χ3v) is 3.25. The van der Waals surface area contributed by atoms with Gasteiger partial charge in [-0.3, -0.25) is 0 Å². The molecule has 1 aromatic carbocycles. The Morgan fingerprint density at radius 2 is 1.60 bits per heavy atom. The van der Waals surface area contributed by atoms with Crippen molar-refractivity contribution in [1.29, 1.82) is 0 Å². The van der Waals surface area contributed by atoms with Crippen LogP contribution in [0.5, 0.6) is 5.75 Å². The molecular weight excluding hydrogens is 250 g/mol. The van der Waals surface area contributed by atoms with Gasteiger partial charge in [0.15, 0.2) is 0 Å². The molecule has 0 fully saturated rings. The predicted molar refractivity (Wildman–Crippen MR) is 84.0 cm³/mol. The lowest BCUT2D eigenvalue weighted by Crippen LogP contribution is -2.38. The van der Waals surface area contributed by atoms with Gasteiger partial charge in [0, 0.05) is 0 Å². The molecule has 114 valence electrons. The summed E-state index contributed by atoms with van der Waals surface area (Å²) in [5.74, 6) is 0.882. The highest BCUT2D eigenvalue weighted by atomic mass is 16.5. The summed E-state index contributed by atoms with van der Waals surface area (Å²) in [7, 11) is 8.24. The van der Waals surface area contributed by atoms with Crippen LogP contribution in [0.4, 0.5) is 0 Å². The maximum atomic E-state index is 6.19. The minimum absolute atomic E-state index is 0.0689. The van der Waals surface area contributed by atoms with Crippen LogP contribution < -0.4 is 4.74 Å². The monoisotopic (exact) mass is 280 g/mol. The molecule has 3 heteroatoms. The summed E-state index contributed by atoms with van der Waals surface area (Å²) in [6, 6.07) is 8.19. The molecule has 1 unspecified atom stereocenters. The summed E-state index contributed by atoms with van der Waals surface area (Å²) in [6.45, 7) is 8.41. The van der Waals surface area contributed by atoms with Crippen molar-refractivity contribution in [3.8, 4) is 5.75 Å². The maximum absolute atomic E-state index is 6.19. The van der Waals surface area contributed by atoms with Gasteiger partial charge in [-0.1, -0.05) is 32.9 Å². The Morgan fingerprint density at radius 1 is 1.05 bits per heavy atom. The quantitative estimate of drug-likeness (QED) is 0.743. The SMILES string of the molecule is COc1ccc(C(OCC[N+](C)(C)C)C(C)(C)C)cc1. The van der Waals surface area contributed by atoms with E-state index in [4.69, 9.17) is 9.47 Å². The Labute approximate surface area is 124 Å². The average molecular weight is 280 g/mol. The van der Waals surface area contributed by atoms with Crippen LogP contribution in [0, 0.1) is 5.41 Å². The molecule has 0 heterocycles. The summed E-state index contributed by atoms with van der Waals surface area (Å²) >= 11 is 0. The Balaban J connectivity index is 2.79. The van der Waals surface area contributed by atoms with Gasteiger partial charge in [-0.15, -0.1) is 0 Å². The number of likely N-dealkylation sites (N-methyl/N-ethyl adjacent to an activating group) is 1. The summed E-state index contributed by atoms with van der Waals surface area (Å²) in [5, 5.41) is 0. The van der Waals surface area contributed by atoms with E-state index in [9.17, 15) is 0 Å². The van der Waals surface area contributed by atoms with E-state index in [-0.39, 0.29) is 11.5 Å². The van der Waals surface area contributed by atoms with Gasteiger partial charge in [0.25, 0.3) is 0 Å². The van der Waals surface area contributed by atoms with Gasteiger partial charge in [0.2, 0.25) is 0 Å². The molecule has 0 spiro atoms. The van der Waals surface area contributed by atoms with E-state index in [0.717, 1.165) is 23.4 Å². The van der Waals surface area contributed by atoms with Gasteiger partial charge in [-0.25, -0.2) is 0 Å². The molecule has 3 nitrogen and oxygen atoms in total. The van der Waals surface area contributed by atoms with E-state index in [2.05, 4.69) is 54.0 Å². The number of quaternary nitrogens is 1. The Bertz CT molecular complexity index is 398. The molecule has 0 saturated heterocycles. The zero-order chi connectivity index (χ0) is 15.4. The summed E-state index contributed by atoms with van der Waals surface area (Å²) in [4.78, 5) is 0. The smallest absolute Gasteiger partial charge is 0.118 e. The van der Waals surface area contributed by atoms with E-state index in [1.807, 2.05) is 12.1 Å². The molecular formula is C17H30NO2+. The Morgan fingerprint density at radius 3 is 2.00 bits per heavy atom. The number of rotatable bonds is 6. The van der Waals surface area contributed by atoms with Crippen molar-refractivity contribution in [1.82, 2.24) is 0 Å². The predicted octanol–water partition coefficient (Wildman–Crippen LogP) is 3.51. The molecule has 1 atom stereocenters. The largest absolute Gasteiger partial charge is 0.497 e. The zero-order valence-corrected chi connectivity index (χ0v) is 14.1. The molecule has 0 saturated carbocycles. The van der Waals surface area contributed by atoms with Gasteiger partial charge in [0.05, 0.1) is 41.0 Å². The lowest BCUT2D eigenvalue weighted by molar-refractivity contribution is -0.870. The van der Waals surface area contributed by atoms with Crippen LogP contribution in [-0.4, -0.2) is 45.9 Å². The lowest BCUT2D eigenvalue weighted by Gasteiger charge is -2.32. The van der Waals surface area contributed by atoms with Crippen molar-refractivity contribution >= 4 is 0 Å². The van der Waals surface area contributed by atoms with E-state index in [0.29, 0.717) is 0 Å². The van der Waals surface area contributed by atoms with Crippen LogP contribution in [0.25, 0.3) is 0 Å². The van der Waals surface area contributed by atoms with E-state index >= 15 is 0 Å². The van der Waals surface area contributed by atoms with Crippen LogP contribution in [-0.2, 0) is 4.74 Å². The molecule has 1 aromatic rings.